The number of hydrazine groups is 1. The number of rotatable bonds is 5. The third-order valence-electron chi connectivity index (χ3n) is 4.30. The second-order valence-corrected chi connectivity index (χ2v) is 7.74. The molecule has 2 rings (SSSR count). The predicted octanol–water partition coefficient (Wildman–Crippen LogP) is -0.162. The molecule has 0 saturated carbocycles. The summed E-state index contributed by atoms with van der Waals surface area (Å²) in [6, 6.07) is -1.56. The van der Waals surface area contributed by atoms with E-state index in [2.05, 4.69) is 16.1 Å². The number of carbonyl (C=O) groups is 3. The first kappa shape index (κ1) is 21.4. The lowest BCUT2D eigenvalue weighted by atomic mass is 10.0. The molecule has 0 aliphatic carbocycles. The highest BCUT2D eigenvalue weighted by atomic mass is 16.6. The Kier molecular flexibility index (Phi) is 7.40. The van der Waals surface area contributed by atoms with Gasteiger partial charge >= 0.3 is 12.1 Å². The molecule has 4 N–H and O–H groups in total. The van der Waals surface area contributed by atoms with Crippen LogP contribution in [0.2, 0.25) is 0 Å². The Balaban J connectivity index is 2.06. The molecule has 0 aromatic rings. The summed E-state index contributed by atoms with van der Waals surface area (Å²) in [6.07, 6.45) is -0.0860. The average Bonchev–Trinajstić information content (AvgIpc) is 2.60. The van der Waals surface area contributed by atoms with Crippen LogP contribution in [0.1, 0.15) is 40.0 Å². The summed E-state index contributed by atoms with van der Waals surface area (Å²) in [6.45, 7) is 7.41. The molecular weight excluding hydrogens is 356 g/mol. The number of aliphatic carboxylic acids is 1. The third-order valence-corrected chi connectivity index (χ3v) is 4.30. The molecule has 0 radical (unpaired) electrons. The van der Waals surface area contributed by atoms with Gasteiger partial charge in [-0.2, -0.15) is 0 Å². The van der Waals surface area contributed by atoms with Crippen LogP contribution in [0.5, 0.6) is 0 Å². The summed E-state index contributed by atoms with van der Waals surface area (Å²) in [7, 11) is 0. The molecule has 154 valence electrons. The lowest BCUT2D eigenvalue weighted by molar-refractivity contribution is -0.156. The smallest absolute Gasteiger partial charge is 0.407 e. The second kappa shape index (κ2) is 9.34. The van der Waals surface area contributed by atoms with E-state index >= 15 is 0 Å². The van der Waals surface area contributed by atoms with Crippen molar-refractivity contribution in [1.29, 1.82) is 0 Å². The first-order chi connectivity index (χ1) is 12.7. The fourth-order valence-electron chi connectivity index (χ4n) is 3.10. The number of ether oxygens (including phenoxy) is 2. The van der Waals surface area contributed by atoms with Crippen LogP contribution in [0.15, 0.2) is 0 Å². The van der Waals surface area contributed by atoms with Gasteiger partial charge in [0.2, 0.25) is 5.91 Å². The number of carboxylic acid groups (broad SMARTS) is 1. The number of morpholine rings is 1. The Morgan fingerprint density at radius 3 is 2.67 bits per heavy atom. The molecule has 1 unspecified atom stereocenters. The standard InChI is InChI=1S/C17H30N4O6/c1-17(2,3)27-16(25)20-11(13-10-18-7-8-26-13)9-14(22)21-12(15(23)24)5-4-6-19-21/h11-13,18-19H,4-10H2,1-3H3,(H,20,25)(H,23,24)/t11?,12-,13-/m0/s1. The fraction of sp³-hybridized carbons (Fsp3) is 0.824. The quantitative estimate of drug-likeness (QED) is 0.513. The highest BCUT2D eigenvalue weighted by Crippen LogP contribution is 2.16. The van der Waals surface area contributed by atoms with E-state index in [1.807, 2.05) is 0 Å². The van der Waals surface area contributed by atoms with E-state index in [-0.39, 0.29) is 6.42 Å². The largest absolute Gasteiger partial charge is 0.480 e. The van der Waals surface area contributed by atoms with Crippen molar-refractivity contribution in [3.63, 3.8) is 0 Å². The summed E-state index contributed by atoms with van der Waals surface area (Å²) < 4.78 is 11.0. The lowest BCUT2D eigenvalue weighted by Gasteiger charge is -2.36. The van der Waals surface area contributed by atoms with Gasteiger partial charge in [0.15, 0.2) is 0 Å². The molecule has 0 spiro atoms. The van der Waals surface area contributed by atoms with Gasteiger partial charge in [0, 0.05) is 19.6 Å². The Labute approximate surface area is 158 Å². The average molecular weight is 386 g/mol. The third kappa shape index (κ3) is 6.64. The summed E-state index contributed by atoms with van der Waals surface area (Å²) in [5.74, 6) is -1.46. The molecule has 0 aromatic heterocycles. The van der Waals surface area contributed by atoms with Gasteiger partial charge in [0.25, 0.3) is 0 Å². The lowest BCUT2D eigenvalue weighted by Crippen LogP contribution is -2.59. The van der Waals surface area contributed by atoms with Crippen molar-refractivity contribution in [1.82, 2.24) is 21.1 Å². The number of nitrogens with one attached hydrogen (secondary N) is 3. The Hall–Kier alpha value is -1.91. The Morgan fingerprint density at radius 1 is 1.33 bits per heavy atom. The number of hydrogen-bond donors (Lipinski definition) is 4. The van der Waals surface area contributed by atoms with Gasteiger partial charge in [0.1, 0.15) is 11.6 Å². The van der Waals surface area contributed by atoms with Crippen LogP contribution in [-0.4, -0.2) is 78.1 Å². The summed E-state index contributed by atoms with van der Waals surface area (Å²) in [5, 5.41) is 16.4. The molecule has 2 fully saturated rings. The monoisotopic (exact) mass is 386 g/mol. The fourth-order valence-corrected chi connectivity index (χ4v) is 3.10. The highest BCUT2D eigenvalue weighted by Gasteiger charge is 2.36. The van der Waals surface area contributed by atoms with Crippen LogP contribution in [0.25, 0.3) is 0 Å². The van der Waals surface area contributed by atoms with Crippen molar-refractivity contribution < 1.29 is 29.0 Å². The van der Waals surface area contributed by atoms with Crippen molar-refractivity contribution in [3.05, 3.63) is 0 Å². The minimum absolute atomic E-state index is 0.0949. The maximum absolute atomic E-state index is 12.8. The van der Waals surface area contributed by atoms with Crippen LogP contribution in [0, 0.1) is 0 Å². The van der Waals surface area contributed by atoms with Crippen molar-refractivity contribution in [3.8, 4) is 0 Å². The van der Waals surface area contributed by atoms with Gasteiger partial charge in [-0.1, -0.05) is 0 Å². The molecule has 0 bridgehead atoms. The number of carboxylic acids is 1. The number of amides is 2. The topological polar surface area (TPSA) is 129 Å². The van der Waals surface area contributed by atoms with Gasteiger partial charge < -0.3 is 25.2 Å². The van der Waals surface area contributed by atoms with Gasteiger partial charge in [-0.15, -0.1) is 0 Å². The second-order valence-electron chi connectivity index (χ2n) is 7.74. The molecule has 10 nitrogen and oxygen atoms in total. The molecule has 2 aliphatic rings. The zero-order valence-corrected chi connectivity index (χ0v) is 16.1. The molecule has 27 heavy (non-hydrogen) atoms. The number of carbonyl (C=O) groups excluding carboxylic acids is 2. The predicted molar refractivity (Wildman–Crippen MR) is 95.9 cm³/mol. The van der Waals surface area contributed by atoms with E-state index in [0.717, 1.165) is 5.01 Å². The summed E-state index contributed by atoms with van der Waals surface area (Å²) >= 11 is 0. The van der Waals surface area contributed by atoms with E-state index in [1.165, 1.54) is 0 Å². The SMILES string of the molecule is CC(C)(C)OC(=O)NC(CC(=O)N1NCCC[C@H]1C(=O)O)[C@@H]1CNCCO1. The highest BCUT2D eigenvalue weighted by molar-refractivity contribution is 5.84. The summed E-state index contributed by atoms with van der Waals surface area (Å²) in [4.78, 5) is 36.4. The van der Waals surface area contributed by atoms with Gasteiger partial charge in [-0.05, 0) is 33.6 Å². The van der Waals surface area contributed by atoms with Crippen molar-refractivity contribution in [2.45, 2.75) is 63.8 Å². The molecule has 2 aliphatic heterocycles. The van der Waals surface area contributed by atoms with Crippen LogP contribution in [0.4, 0.5) is 4.79 Å². The van der Waals surface area contributed by atoms with E-state index in [1.54, 1.807) is 20.8 Å². The number of hydrogen-bond acceptors (Lipinski definition) is 7. The Morgan fingerprint density at radius 2 is 2.07 bits per heavy atom. The number of alkyl carbamates (subject to hydrolysis) is 1. The first-order valence-corrected chi connectivity index (χ1v) is 9.27. The van der Waals surface area contributed by atoms with Gasteiger partial charge in [0.05, 0.1) is 25.2 Å². The molecule has 0 aromatic carbocycles. The summed E-state index contributed by atoms with van der Waals surface area (Å²) in [5.41, 5.74) is 2.18. The van der Waals surface area contributed by atoms with Crippen LogP contribution in [-0.2, 0) is 19.1 Å². The van der Waals surface area contributed by atoms with E-state index in [0.29, 0.717) is 39.1 Å². The van der Waals surface area contributed by atoms with Crippen molar-refractivity contribution >= 4 is 18.0 Å². The van der Waals surface area contributed by atoms with E-state index in [9.17, 15) is 19.5 Å². The van der Waals surface area contributed by atoms with E-state index in [4.69, 9.17) is 9.47 Å². The van der Waals surface area contributed by atoms with E-state index < -0.39 is 41.8 Å². The number of nitrogens with zero attached hydrogens (tertiary/aromatic N) is 1. The minimum atomic E-state index is -1.05. The normalized spacial score (nSPS) is 24.8. The zero-order chi connectivity index (χ0) is 20.0. The minimum Gasteiger partial charge on any atom is -0.480 e. The molecule has 2 amide bonds. The Bertz CT molecular complexity index is 544. The first-order valence-electron chi connectivity index (χ1n) is 9.27. The van der Waals surface area contributed by atoms with Crippen LogP contribution < -0.4 is 16.1 Å². The van der Waals surface area contributed by atoms with Crippen LogP contribution in [0.3, 0.4) is 0 Å². The zero-order valence-electron chi connectivity index (χ0n) is 16.1. The van der Waals surface area contributed by atoms with Gasteiger partial charge in [-0.25, -0.2) is 15.0 Å². The molecule has 2 saturated heterocycles. The van der Waals surface area contributed by atoms with Crippen LogP contribution >= 0.6 is 0 Å². The maximum atomic E-state index is 12.8. The molecule has 3 atom stereocenters. The molecule has 10 heteroatoms. The van der Waals surface area contributed by atoms with Crippen molar-refractivity contribution in [2.75, 3.05) is 26.2 Å². The van der Waals surface area contributed by atoms with Gasteiger partial charge in [-0.3, -0.25) is 9.80 Å². The molecular formula is C17H30N4O6. The van der Waals surface area contributed by atoms with Crippen molar-refractivity contribution in [2.24, 2.45) is 0 Å². The maximum Gasteiger partial charge on any atom is 0.407 e. The molecule has 2 heterocycles.